The zero-order valence-corrected chi connectivity index (χ0v) is 14.9. The van der Waals surface area contributed by atoms with Crippen molar-refractivity contribution in [3.8, 4) is 5.75 Å². The highest BCUT2D eigenvalue weighted by Gasteiger charge is 2.45. The fourth-order valence-electron chi connectivity index (χ4n) is 3.23. The molecule has 0 heterocycles. The van der Waals surface area contributed by atoms with Gasteiger partial charge in [-0.3, -0.25) is 9.59 Å². The molecule has 2 N–H and O–H groups in total. The SMILES string of the molecule is COc1cccc(C2CC2C(=O)NCC(C)(C(=O)O)c2ccccc2)c1. The van der Waals surface area contributed by atoms with Crippen LogP contribution in [0.5, 0.6) is 5.75 Å². The van der Waals surface area contributed by atoms with E-state index in [1.165, 1.54) is 0 Å². The normalized spacial score (nSPS) is 20.7. The van der Waals surface area contributed by atoms with Gasteiger partial charge < -0.3 is 15.2 Å². The Morgan fingerprint density at radius 2 is 1.92 bits per heavy atom. The maximum absolute atomic E-state index is 12.5. The molecule has 0 aromatic heterocycles. The van der Waals surface area contributed by atoms with Gasteiger partial charge in [-0.25, -0.2) is 0 Å². The predicted octanol–water partition coefficient (Wildman–Crippen LogP) is 2.96. The van der Waals surface area contributed by atoms with E-state index in [0.717, 1.165) is 17.7 Å². The van der Waals surface area contributed by atoms with Crippen LogP contribution in [0, 0.1) is 5.92 Å². The van der Waals surface area contributed by atoms with Gasteiger partial charge in [0, 0.05) is 12.5 Å². The number of carbonyl (C=O) groups is 2. The fraction of sp³-hybridized carbons (Fsp3) is 0.333. The minimum Gasteiger partial charge on any atom is -0.497 e. The molecular weight excluding hydrogens is 330 g/mol. The summed E-state index contributed by atoms with van der Waals surface area (Å²) >= 11 is 0. The number of rotatable bonds is 7. The van der Waals surface area contributed by atoms with Crippen molar-refractivity contribution >= 4 is 11.9 Å². The molecule has 2 aromatic rings. The Hall–Kier alpha value is -2.82. The second-order valence-electron chi connectivity index (χ2n) is 6.95. The summed E-state index contributed by atoms with van der Waals surface area (Å²) in [6.07, 6.45) is 0.772. The molecule has 0 radical (unpaired) electrons. The van der Waals surface area contributed by atoms with Crippen LogP contribution in [-0.4, -0.2) is 30.6 Å². The summed E-state index contributed by atoms with van der Waals surface area (Å²) in [7, 11) is 1.62. The molecular formula is C21H23NO4. The first-order valence-electron chi connectivity index (χ1n) is 8.66. The van der Waals surface area contributed by atoms with Crippen molar-refractivity contribution in [3.63, 3.8) is 0 Å². The van der Waals surface area contributed by atoms with Crippen LogP contribution in [0.25, 0.3) is 0 Å². The quantitative estimate of drug-likeness (QED) is 0.802. The van der Waals surface area contributed by atoms with Crippen molar-refractivity contribution in [2.24, 2.45) is 5.92 Å². The van der Waals surface area contributed by atoms with Crippen molar-refractivity contribution < 1.29 is 19.4 Å². The molecule has 5 nitrogen and oxygen atoms in total. The average Bonchev–Trinajstić information content (AvgIpc) is 3.47. The van der Waals surface area contributed by atoms with Crippen LogP contribution in [0.2, 0.25) is 0 Å². The maximum atomic E-state index is 12.5. The predicted molar refractivity (Wildman–Crippen MR) is 98.3 cm³/mol. The molecule has 0 saturated heterocycles. The number of methoxy groups -OCH3 is 1. The Balaban J connectivity index is 1.64. The third kappa shape index (κ3) is 3.57. The first-order chi connectivity index (χ1) is 12.5. The first kappa shape index (κ1) is 18.0. The highest BCUT2D eigenvalue weighted by molar-refractivity contribution is 5.85. The molecule has 1 aliphatic rings. The monoisotopic (exact) mass is 353 g/mol. The molecule has 1 saturated carbocycles. The first-order valence-corrected chi connectivity index (χ1v) is 8.66. The highest BCUT2D eigenvalue weighted by atomic mass is 16.5. The summed E-state index contributed by atoms with van der Waals surface area (Å²) in [4.78, 5) is 24.3. The van der Waals surface area contributed by atoms with Crippen LogP contribution in [0.4, 0.5) is 0 Å². The van der Waals surface area contributed by atoms with Gasteiger partial charge in [-0.2, -0.15) is 0 Å². The molecule has 3 rings (SSSR count). The Morgan fingerprint density at radius 1 is 1.19 bits per heavy atom. The molecule has 26 heavy (non-hydrogen) atoms. The van der Waals surface area contributed by atoms with Crippen LogP contribution in [-0.2, 0) is 15.0 Å². The summed E-state index contributed by atoms with van der Waals surface area (Å²) in [6, 6.07) is 16.7. The minimum absolute atomic E-state index is 0.0620. The largest absolute Gasteiger partial charge is 0.497 e. The van der Waals surface area contributed by atoms with E-state index in [1.807, 2.05) is 30.3 Å². The number of carboxylic acid groups (broad SMARTS) is 1. The van der Waals surface area contributed by atoms with E-state index >= 15 is 0 Å². The highest BCUT2D eigenvalue weighted by Crippen LogP contribution is 2.48. The number of benzene rings is 2. The van der Waals surface area contributed by atoms with Gasteiger partial charge >= 0.3 is 5.97 Å². The molecule has 1 amide bonds. The Morgan fingerprint density at radius 3 is 2.58 bits per heavy atom. The molecule has 2 aromatic carbocycles. The lowest BCUT2D eigenvalue weighted by Crippen LogP contribution is -2.44. The molecule has 3 unspecified atom stereocenters. The molecule has 0 spiro atoms. The van der Waals surface area contributed by atoms with Crippen molar-refractivity contribution in [1.82, 2.24) is 5.32 Å². The molecule has 5 heteroatoms. The van der Waals surface area contributed by atoms with Gasteiger partial charge in [0.15, 0.2) is 0 Å². The molecule has 0 aliphatic heterocycles. The van der Waals surface area contributed by atoms with Crippen LogP contribution in [0.3, 0.4) is 0 Å². The molecule has 136 valence electrons. The Bertz CT molecular complexity index is 805. The third-order valence-corrected chi connectivity index (χ3v) is 5.15. The van der Waals surface area contributed by atoms with Gasteiger partial charge in [-0.1, -0.05) is 42.5 Å². The number of nitrogens with one attached hydrogen (secondary N) is 1. The van der Waals surface area contributed by atoms with Gasteiger partial charge in [-0.05, 0) is 42.5 Å². The van der Waals surface area contributed by atoms with E-state index in [4.69, 9.17) is 4.74 Å². The maximum Gasteiger partial charge on any atom is 0.315 e. The Kier molecular flexibility index (Phi) is 4.98. The second-order valence-corrected chi connectivity index (χ2v) is 6.95. The Labute approximate surface area is 153 Å². The van der Waals surface area contributed by atoms with Gasteiger partial charge in [0.05, 0.1) is 7.11 Å². The minimum atomic E-state index is -1.16. The van der Waals surface area contributed by atoms with Crippen molar-refractivity contribution in [2.45, 2.75) is 24.7 Å². The van der Waals surface area contributed by atoms with Gasteiger partial charge in [0.2, 0.25) is 5.91 Å². The summed E-state index contributed by atoms with van der Waals surface area (Å²) in [5, 5.41) is 12.5. The van der Waals surface area contributed by atoms with E-state index in [0.29, 0.717) is 5.56 Å². The average molecular weight is 353 g/mol. The van der Waals surface area contributed by atoms with Crippen LogP contribution in [0.15, 0.2) is 54.6 Å². The summed E-state index contributed by atoms with van der Waals surface area (Å²) in [5.74, 6) is -0.227. The summed E-state index contributed by atoms with van der Waals surface area (Å²) in [6.45, 7) is 1.70. The topological polar surface area (TPSA) is 75.6 Å². The van der Waals surface area contributed by atoms with Gasteiger partial charge in [0.1, 0.15) is 11.2 Å². The molecule has 1 aliphatic carbocycles. The zero-order chi connectivity index (χ0) is 18.7. The summed E-state index contributed by atoms with van der Waals surface area (Å²) < 4.78 is 5.23. The molecule has 3 atom stereocenters. The lowest BCUT2D eigenvalue weighted by atomic mass is 9.82. The smallest absolute Gasteiger partial charge is 0.315 e. The standard InChI is InChI=1S/C21H23NO4/c1-21(20(24)25,15-8-4-3-5-9-15)13-22-19(23)18-12-17(18)14-7-6-10-16(11-14)26-2/h3-11,17-18H,12-13H2,1-2H3,(H,22,23)(H,24,25). The molecule has 0 bridgehead atoms. The van der Waals surface area contributed by atoms with Crippen LogP contribution in [0.1, 0.15) is 30.4 Å². The second kappa shape index (κ2) is 7.20. The van der Waals surface area contributed by atoms with Crippen molar-refractivity contribution in [1.29, 1.82) is 0 Å². The van der Waals surface area contributed by atoms with E-state index in [-0.39, 0.29) is 24.3 Å². The van der Waals surface area contributed by atoms with E-state index in [2.05, 4.69) is 5.32 Å². The number of hydrogen-bond acceptors (Lipinski definition) is 3. The lowest BCUT2D eigenvalue weighted by Gasteiger charge is -2.25. The molecule has 1 fully saturated rings. The van der Waals surface area contributed by atoms with Crippen molar-refractivity contribution in [3.05, 3.63) is 65.7 Å². The fourth-order valence-corrected chi connectivity index (χ4v) is 3.23. The van der Waals surface area contributed by atoms with E-state index < -0.39 is 11.4 Å². The van der Waals surface area contributed by atoms with E-state index in [9.17, 15) is 14.7 Å². The number of carbonyl (C=O) groups excluding carboxylic acids is 1. The van der Waals surface area contributed by atoms with Gasteiger partial charge in [0.25, 0.3) is 0 Å². The number of hydrogen-bond donors (Lipinski definition) is 2. The number of aliphatic carboxylic acids is 1. The van der Waals surface area contributed by atoms with Crippen LogP contribution < -0.4 is 10.1 Å². The summed E-state index contributed by atoms with van der Waals surface area (Å²) in [5.41, 5.74) is 0.596. The van der Waals surface area contributed by atoms with Crippen LogP contribution >= 0.6 is 0 Å². The number of ether oxygens (including phenoxy) is 1. The van der Waals surface area contributed by atoms with Gasteiger partial charge in [-0.15, -0.1) is 0 Å². The number of carboxylic acids is 1. The third-order valence-electron chi connectivity index (χ3n) is 5.15. The van der Waals surface area contributed by atoms with E-state index in [1.54, 1.807) is 38.3 Å². The lowest BCUT2D eigenvalue weighted by molar-refractivity contribution is -0.143. The van der Waals surface area contributed by atoms with Crippen molar-refractivity contribution in [2.75, 3.05) is 13.7 Å². The number of amides is 1. The zero-order valence-electron chi connectivity index (χ0n) is 14.9.